The fourth-order valence-electron chi connectivity index (χ4n) is 3.15. The number of esters is 1. The van der Waals surface area contributed by atoms with Crippen LogP contribution in [0.25, 0.3) is 0 Å². The Bertz CT molecular complexity index is 723. The van der Waals surface area contributed by atoms with Crippen LogP contribution in [-0.4, -0.2) is 35.7 Å². The molecular formula is C17H19FN2O6. The maximum absolute atomic E-state index is 13.0. The van der Waals surface area contributed by atoms with Crippen LogP contribution in [0.2, 0.25) is 0 Å². The van der Waals surface area contributed by atoms with Crippen LogP contribution in [0.5, 0.6) is 0 Å². The van der Waals surface area contributed by atoms with Crippen LogP contribution in [0.1, 0.15) is 19.8 Å². The van der Waals surface area contributed by atoms with Crippen molar-refractivity contribution in [1.29, 1.82) is 0 Å². The number of carbonyl (C=O) groups is 3. The quantitative estimate of drug-likeness (QED) is 0.447. The van der Waals surface area contributed by atoms with E-state index < -0.39 is 41.1 Å². The number of ketones is 1. The maximum atomic E-state index is 13.0. The first kappa shape index (κ1) is 19.5. The maximum Gasteiger partial charge on any atom is 0.307 e. The molecule has 0 unspecified atom stereocenters. The van der Waals surface area contributed by atoms with E-state index >= 15 is 0 Å². The number of benzene rings is 1. The van der Waals surface area contributed by atoms with Crippen LogP contribution in [0.15, 0.2) is 24.3 Å². The van der Waals surface area contributed by atoms with E-state index in [0.29, 0.717) is 0 Å². The zero-order chi connectivity index (χ0) is 19.3. The lowest BCUT2D eigenvalue weighted by Crippen LogP contribution is -2.28. The summed E-state index contributed by atoms with van der Waals surface area (Å²) in [7, 11) is 0. The summed E-state index contributed by atoms with van der Waals surface area (Å²) in [6.45, 7) is 0.764. The van der Waals surface area contributed by atoms with Crippen LogP contribution in [0.4, 0.5) is 10.1 Å². The molecule has 2 rings (SSSR count). The van der Waals surface area contributed by atoms with E-state index in [4.69, 9.17) is 4.74 Å². The molecule has 1 N–H and O–H groups in total. The van der Waals surface area contributed by atoms with E-state index in [1.54, 1.807) is 6.92 Å². The summed E-state index contributed by atoms with van der Waals surface area (Å²) in [5.74, 6) is -3.63. The van der Waals surface area contributed by atoms with E-state index in [1.165, 1.54) is 18.2 Å². The van der Waals surface area contributed by atoms with Crippen LogP contribution in [-0.2, 0) is 19.1 Å². The van der Waals surface area contributed by atoms with Crippen molar-refractivity contribution in [2.24, 2.45) is 17.8 Å². The van der Waals surface area contributed by atoms with Crippen LogP contribution in [0.3, 0.4) is 0 Å². The topological polar surface area (TPSA) is 116 Å². The Kier molecular flexibility index (Phi) is 6.37. The molecule has 1 aromatic carbocycles. The zero-order valence-electron chi connectivity index (χ0n) is 14.1. The summed E-state index contributed by atoms with van der Waals surface area (Å²) in [5.41, 5.74) is 0.219. The lowest BCUT2D eigenvalue weighted by molar-refractivity contribution is -0.490. The van der Waals surface area contributed by atoms with Gasteiger partial charge in [0.15, 0.2) is 6.61 Å². The minimum Gasteiger partial charge on any atom is -0.456 e. The predicted octanol–water partition coefficient (Wildman–Crippen LogP) is 1.82. The average molecular weight is 366 g/mol. The molecule has 0 aliphatic heterocycles. The van der Waals surface area contributed by atoms with Gasteiger partial charge in [0.05, 0.1) is 6.42 Å². The van der Waals surface area contributed by atoms with Gasteiger partial charge in [0.25, 0.3) is 5.91 Å². The van der Waals surface area contributed by atoms with Crippen molar-refractivity contribution in [3.05, 3.63) is 40.2 Å². The van der Waals surface area contributed by atoms with Gasteiger partial charge in [-0.25, -0.2) is 4.39 Å². The van der Waals surface area contributed by atoms with E-state index in [2.05, 4.69) is 5.32 Å². The molecular weight excluding hydrogens is 347 g/mol. The first-order valence-corrected chi connectivity index (χ1v) is 8.11. The molecule has 26 heavy (non-hydrogen) atoms. The Morgan fingerprint density at radius 1 is 1.42 bits per heavy atom. The second-order valence-corrected chi connectivity index (χ2v) is 6.36. The molecule has 1 fully saturated rings. The zero-order valence-corrected chi connectivity index (χ0v) is 14.1. The summed E-state index contributed by atoms with van der Waals surface area (Å²) in [5, 5.41) is 13.1. The summed E-state index contributed by atoms with van der Waals surface area (Å²) >= 11 is 0. The van der Waals surface area contributed by atoms with Gasteiger partial charge in [-0.3, -0.25) is 24.5 Å². The van der Waals surface area contributed by atoms with Gasteiger partial charge in [0, 0.05) is 28.9 Å². The summed E-state index contributed by atoms with van der Waals surface area (Å²) in [6, 6.07) is 5.22. The second-order valence-electron chi connectivity index (χ2n) is 6.36. The highest BCUT2D eigenvalue weighted by molar-refractivity contribution is 5.93. The fourth-order valence-corrected chi connectivity index (χ4v) is 3.15. The molecule has 0 aromatic heterocycles. The smallest absolute Gasteiger partial charge is 0.307 e. The number of ether oxygens (including phenoxy) is 1. The van der Waals surface area contributed by atoms with Gasteiger partial charge in [-0.1, -0.05) is 13.0 Å². The third-order valence-corrected chi connectivity index (χ3v) is 4.40. The summed E-state index contributed by atoms with van der Waals surface area (Å²) < 4.78 is 17.9. The number of amides is 1. The number of nitro groups is 1. The Morgan fingerprint density at radius 3 is 2.81 bits per heavy atom. The molecule has 0 heterocycles. The lowest BCUT2D eigenvalue weighted by Gasteiger charge is -2.17. The average Bonchev–Trinajstić information content (AvgIpc) is 2.79. The van der Waals surface area contributed by atoms with Crippen molar-refractivity contribution < 1.29 is 28.4 Å². The molecule has 140 valence electrons. The van der Waals surface area contributed by atoms with Crippen molar-refractivity contribution in [2.75, 3.05) is 18.5 Å². The van der Waals surface area contributed by atoms with Crippen LogP contribution < -0.4 is 5.32 Å². The van der Waals surface area contributed by atoms with Crippen molar-refractivity contribution in [3.63, 3.8) is 0 Å². The Balaban J connectivity index is 1.84. The van der Waals surface area contributed by atoms with Gasteiger partial charge < -0.3 is 10.1 Å². The van der Waals surface area contributed by atoms with Crippen molar-refractivity contribution in [2.45, 2.75) is 19.8 Å². The fraction of sp³-hybridized carbons (Fsp3) is 0.471. The summed E-state index contributed by atoms with van der Waals surface area (Å²) in [4.78, 5) is 45.9. The molecule has 3 atom stereocenters. The first-order chi connectivity index (χ1) is 12.3. The molecule has 1 aromatic rings. The van der Waals surface area contributed by atoms with Gasteiger partial charge in [-0.2, -0.15) is 0 Å². The number of nitrogens with zero attached hydrogens (tertiary/aromatic N) is 1. The number of nitrogens with one attached hydrogen (secondary N) is 1. The SMILES string of the molecule is C[C@H]1CC(=O)[C@H](CC(=O)OCC(=O)Nc2cccc(F)c2)[C@@H]1C[N+](=O)[O-]. The molecule has 1 aliphatic carbocycles. The van der Waals surface area contributed by atoms with Crippen molar-refractivity contribution in [3.8, 4) is 0 Å². The second kappa shape index (κ2) is 8.50. The lowest BCUT2D eigenvalue weighted by atomic mass is 9.88. The van der Waals surface area contributed by atoms with E-state index in [1.807, 2.05) is 0 Å². The molecule has 9 heteroatoms. The number of halogens is 1. The number of carbonyl (C=O) groups excluding carboxylic acids is 3. The highest BCUT2D eigenvalue weighted by Gasteiger charge is 2.44. The van der Waals surface area contributed by atoms with Gasteiger partial charge in [0.1, 0.15) is 11.6 Å². The highest BCUT2D eigenvalue weighted by atomic mass is 19.1. The number of hydrogen-bond donors (Lipinski definition) is 1. The molecule has 1 saturated carbocycles. The molecule has 0 bridgehead atoms. The van der Waals surface area contributed by atoms with Gasteiger partial charge in [-0.05, 0) is 24.1 Å². The normalized spacial score (nSPS) is 22.1. The van der Waals surface area contributed by atoms with E-state index in [0.717, 1.165) is 6.07 Å². The number of Topliss-reactive ketones (excluding diaryl/α,β-unsaturated/α-hetero) is 1. The highest BCUT2D eigenvalue weighted by Crippen LogP contribution is 2.36. The molecule has 0 saturated heterocycles. The molecule has 0 radical (unpaired) electrons. The molecule has 1 amide bonds. The largest absolute Gasteiger partial charge is 0.456 e. The monoisotopic (exact) mass is 366 g/mol. The number of anilines is 1. The number of rotatable bonds is 7. The first-order valence-electron chi connectivity index (χ1n) is 8.11. The Labute approximate surface area is 148 Å². The molecule has 1 aliphatic rings. The van der Waals surface area contributed by atoms with E-state index in [-0.39, 0.29) is 36.8 Å². The summed E-state index contributed by atoms with van der Waals surface area (Å²) in [6.07, 6.45) is -0.106. The van der Waals surface area contributed by atoms with Crippen LogP contribution in [0, 0.1) is 33.7 Å². The van der Waals surface area contributed by atoms with Crippen molar-refractivity contribution >= 4 is 23.3 Å². The predicted molar refractivity (Wildman–Crippen MR) is 88.2 cm³/mol. The third kappa shape index (κ3) is 5.33. The Morgan fingerprint density at radius 2 is 2.15 bits per heavy atom. The van der Waals surface area contributed by atoms with Crippen LogP contribution >= 0.6 is 0 Å². The Hall–Kier alpha value is -2.84. The van der Waals surface area contributed by atoms with Gasteiger partial charge >= 0.3 is 5.97 Å². The van der Waals surface area contributed by atoms with E-state index in [9.17, 15) is 28.9 Å². The third-order valence-electron chi connectivity index (χ3n) is 4.40. The number of hydrogen-bond acceptors (Lipinski definition) is 6. The van der Waals surface area contributed by atoms with Crippen molar-refractivity contribution in [1.82, 2.24) is 0 Å². The molecule has 8 nitrogen and oxygen atoms in total. The standard InChI is InChI=1S/C17H19FN2O6/c1-10-5-15(21)13(14(10)8-20(24)25)7-17(23)26-9-16(22)19-12-4-2-3-11(18)6-12/h2-4,6,10,13-14H,5,7-9H2,1H3,(H,19,22)/t10-,13+,14+/m0/s1. The molecule has 0 spiro atoms. The van der Waals surface area contributed by atoms with Gasteiger partial charge in [-0.15, -0.1) is 0 Å². The minimum atomic E-state index is -0.778. The van der Waals surface area contributed by atoms with Gasteiger partial charge in [0.2, 0.25) is 6.54 Å². The minimum absolute atomic E-state index is 0.179.